The van der Waals surface area contributed by atoms with Gasteiger partial charge in [0.1, 0.15) is 5.25 Å². The third-order valence-electron chi connectivity index (χ3n) is 3.14. The summed E-state index contributed by atoms with van der Waals surface area (Å²) in [5.74, 6) is -1.73. The van der Waals surface area contributed by atoms with Gasteiger partial charge in [0.2, 0.25) is 5.91 Å². The van der Waals surface area contributed by atoms with E-state index in [2.05, 4.69) is 0 Å². The Bertz CT molecular complexity index is 669. The summed E-state index contributed by atoms with van der Waals surface area (Å²) in [6.07, 6.45) is 0.986. The topological polar surface area (TPSA) is 118 Å². The van der Waals surface area contributed by atoms with Gasteiger partial charge in [-0.25, -0.2) is 13.2 Å². The molecule has 0 bridgehead atoms. The van der Waals surface area contributed by atoms with Crippen molar-refractivity contribution in [2.75, 3.05) is 23.4 Å². The summed E-state index contributed by atoms with van der Waals surface area (Å²) >= 11 is 0. The van der Waals surface area contributed by atoms with Gasteiger partial charge >= 0.3 is 5.97 Å². The maximum Gasteiger partial charge on any atom is 0.335 e. The lowest BCUT2D eigenvalue weighted by Gasteiger charge is -2.25. The molecule has 1 unspecified atom stereocenters. The summed E-state index contributed by atoms with van der Waals surface area (Å²) in [6.45, 7) is 3.20. The highest BCUT2D eigenvalue weighted by molar-refractivity contribution is 7.92. The van der Waals surface area contributed by atoms with E-state index >= 15 is 0 Å². The Morgan fingerprint density at radius 1 is 1.38 bits per heavy atom. The summed E-state index contributed by atoms with van der Waals surface area (Å²) in [7, 11) is -3.53. The lowest BCUT2D eigenvalue weighted by Crippen LogP contribution is -2.41. The third kappa shape index (κ3) is 3.72. The Morgan fingerprint density at radius 2 is 1.95 bits per heavy atom. The molecule has 0 aliphatic carbocycles. The van der Waals surface area contributed by atoms with Crippen molar-refractivity contribution in [2.24, 2.45) is 0 Å². The fraction of sp³-hybridized carbons (Fsp3) is 0.385. The zero-order valence-electron chi connectivity index (χ0n) is 12.0. The monoisotopic (exact) mass is 314 g/mol. The number of amides is 1. The van der Waals surface area contributed by atoms with Gasteiger partial charge in [-0.2, -0.15) is 0 Å². The summed E-state index contributed by atoms with van der Waals surface area (Å²) in [4.78, 5) is 24.4. The number of carboxylic acid groups (broad SMARTS) is 1. The molecule has 0 heterocycles. The number of sulfone groups is 1. The molecule has 3 N–H and O–H groups in total. The molecule has 0 fully saturated rings. The first-order chi connectivity index (χ1) is 9.59. The molecule has 7 nitrogen and oxygen atoms in total. The van der Waals surface area contributed by atoms with Gasteiger partial charge in [0.15, 0.2) is 9.84 Å². The molecular formula is C13H18N2O5S. The Kier molecular flexibility index (Phi) is 4.95. The predicted molar refractivity (Wildman–Crippen MR) is 80.1 cm³/mol. The van der Waals surface area contributed by atoms with Crippen LogP contribution in [0.25, 0.3) is 0 Å². The predicted octanol–water partition coefficient (Wildman–Crippen LogP) is 0.753. The standard InChI is InChI=1S/C13H18N2O5S/c1-4-15(12(16)8(2)21(3,19)20)11-6-5-9(13(17)18)7-10(11)14/h5-8H,4,14H2,1-3H3,(H,17,18). The van der Waals surface area contributed by atoms with Gasteiger partial charge in [0.25, 0.3) is 0 Å². The van der Waals surface area contributed by atoms with Crippen LogP contribution in [0, 0.1) is 0 Å². The molecule has 1 amide bonds. The molecule has 0 radical (unpaired) electrons. The Hall–Kier alpha value is -2.09. The highest BCUT2D eigenvalue weighted by Crippen LogP contribution is 2.25. The lowest BCUT2D eigenvalue weighted by atomic mass is 10.1. The second-order valence-corrected chi connectivity index (χ2v) is 7.00. The number of aromatic carboxylic acids is 1. The van der Waals surface area contributed by atoms with E-state index in [-0.39, 0.29) is 17.8 Å². The number of benzene rings is 1. The molecular weight excluding hydrogens is 296 g/mol. The first kappa shape index (κ1) is 17.0. The Labute approximate surface area is 123 Å². The minimum Gasteiger partial charge on any atom is -0.478 e. The van der Waals surface area contributed by atoms with Crippen molar-refractivity contribution in [3.63, 3.8) is 0 Å². The highest BCUT2D eigenvalue weighted by atomic mass is 32.2. The average molecular weight is 314 g/mol. The van der Waals surface area contributed by atoms with E-state index in [0.29, 0.717) is 5.69 Å². The number of carboxylic acids is 1. The molecule has 1 aromatic carbocycles. The van der Waals surface area contributed by atoms with Crippen molar-refractivity contribution in [3.05, 3.63) is 23.8 Å². The minimum absolute atomic E-state index is 0.00378. The number of hydrogen-bond donors (Lipinski definition) is 2. The molecule has 0 aliphatic rings. The van der Waals surface area contributed by atoms with Crippen LogP contribution in [0.1, 0.15) is 24.2 Å². The number of nitrogen functional groups attached to an aromatic ring is 1. The summed E-state index contributed by atoms with van der Waals surface area (Å²) in [5, 5.41) is 7.69. The van der Waals surface area contributed by atoms with Crippen LogP contribution in [0.5, 0.6) is 0 Å². The van der Waals surface area contributed by atoms with Crippen molar-refractivity contribution in [3.8, 4) is 0 Å². The molecule has 0 saturated heterocycles. The van der Waals surface area contributed by atoms with Crippen LogP contribution in [0.2, 0.25) is 0 Å². The van der Waals surface area contributed by atoms with Gasteiger partial charge in [-0.3, -0.25) is 4.79 Å². The van der Waals surface area contributed by atoms with Gasteiger partial charge in [0.05, 0.1) is 16.9 Å². The van der Waals surface area contributed by atoms with E-state index < -0.39 is 27.0 Å². The largest absolute Gasteiger partial charge is 0.478 e. The van der Waals surface area contributed by atoms with Gasteiger partial charge in [-0.05, 0) is 32.0 Å². The maximum absolute atomic E-state index is 12.3. The van der Waals surface area contributed by atoms with Gasteiger partial charge < -0.3 is 15.7 Å². The Balaban J connectivity index is 3.23. The SMILES string of the molecule is CCN(C(=O)C(C)S(C)(=O)=O)c1ccc(C(=O)O)cc1N. The Morgan fingerprint density at radius 3 is 2.33 bits per heavy atom. The minimum atomic E-state index is -3.53. The van der Waals surface area contributed by atoms with Crippen molar-refractivity contribution < 1.29 is 23.1 Å². The number of hydrogen-bond acceptors (Lipinski definition) is 5. The number of rotatable bonds is 5. The molecule has 1 atom stereocenters. The van der Waals surface area contributed by atoms with Crippen LogP contribution in [0.3, 0.4) is 0 Å². The number of carbonyl (C=O) groups is 2. The van der Waals surface area contributed by atoms with Crippen molar-refractivity contribution in [1.29, 1.82) is 0 Å². The molecule has 0 aromatic heterocycles. The fourth-order valence-electron chi connectivity index (χ4n) is 1.78. The maximum atomic E-state index is 12.3. The summed E-state index contributed by atoms with van der Waals surface area (Å²) < 4.78 is 23.0. The molecule has 21 heavy (non-hydrogen) atoms. The zero-order chi connectivity index (χ0) is 16.4. The third-order valence-corrected chi connectivity index (χ3v) is 4.62. The molecule has 0 spiro atoms. The van der Waals surface area contributed by atoms with Crippen LogP contribution in [-0.2, 0) is 14.6 Å². The van der Waals surface area contributed by atoms with Gasteiger partial charge in [0, 0.05) is 12.8 Å². The van der Waals surface area contributed by atoms with E-state index in [9.17, 15) is 18.0 Å². The van der Waals surface area contributed by atoms with E-state index in [1.165, 1.54) is 30.0 Å². The second-order valence-electron chi connectivity index (χ2n) is 4.63. The van der Waals surface area contributed by atoms with Gasteiger partial charge in [-0.15, -0.1) is 0 Å². The van der Waals surface area contributed by atoms with Crippen LogP contribution < -0.4 is 10.6 Å². The molecule has 116 valence electrons. The van der Waals surface area contributed by atoms with E-state index in [1.54, 1.807) is 6.92 Å². The summed E-state index contributed by atoms with van der Waals surface area (Å²) in [6, 6.07) is 3.95. The smallest absolute Gasteiger partial charge is 0.335 e. The fourth-order valence-corrected chi connectivity index (χ4v) is 2.27. The number of carbonyl (C=O) groups excluding carboxylic acids is 1. The number of nitrogens with two attached hydrogens (primary N) is 1. The molecule has 8 heteroatoms. The quantitative estimate of drug-likeness (QED) is 0.774. The van der Waals surface area contributed by atoms with Crippen molar-refractivity contribution in [2.45, 2.75) is 19.1 Å². The second kappa shape index (κ2) is 6.13. The first-order valence-electron chi connectivity index (χ1n) is 6.22. The van der Waals surface area contributed by atoms with Crippen LogP contribution in [-0.4, -0.2) is 43.5 Å². The van der Waals surface area contributed by atoms with Gasteiger partial charge in [-0.1, -0.05) is 0 Å². The van der Waals surface area contributed by atoms with E-state index in [1.807, 2.05) is 0 Å². The van der Waals surface area contributed by atoms with Crippen molar-refractivity contribution in [1.82, 2.24) is 0 Å². The first-order valence-corrected chi connectivity index (χ1v) is 8.18. The molecule has 1 aromatic rings. The van der Waals surface area contributed by atoms with Crippen molar-refractivity contribution >= 4 is 33.1 Å². The molecule has 0 aliphatic heterocycles. The summed E-state index contributed by atoms with van der Waals surface area (Å²) in [5.41, 5.74) is 6.17. The average Bonchev–Trinajstić information content (AvgIpc) is 2.38. The highest BCUT2D eigenvalue weighted by Gasteiger charge is 2.29. The van der Waals surface area contributed by atoms with Crippen LogP contribution in [0.4, 0.5) is 11.4 Å². The normalized spacial score (nSPS) is 12.7. The van der Waals surface area contributed by atoms with E-state index in [0.717, 1.165) is 6.26 Å². The van der Waals surface area contributed by atoms with E-state index in [4.69, 9.17) is 10.8 Å². The van der Waals surface area contributed by atoms with Crippen LogP contribution in [0.15, 0.2) is 18.2 Å². The lowest BCUT2D eigenvalue weighted by molar-refractivity contribution is -0.117. The number of anilines is 2. The molecule has 0 saturated carbocycles. The van der Waals surface area contributed by atoms with Crippen LogP contribution >= 0.6 is 0 Å². The molecule has 1 rings (SSSR count). The number of nitrogens with zero attached hydrogens (tertiary/aromatic N) is 1. The zero-order valence-corrected chi connectivity index (χ0v) is 12.8.